The van der Waals surface area contributed by atoms with E-state index in [4.69, 9.17) is 11.6 Å². The number of carbonyl (C=O) groups excluding carboxylic acids is 1. The van der Waals surface area contributed by atoms with Crippen molar-refractivity contribution in [1.29, 1.82) is 0 Å². The fourth-order valence-corrected chi connectivity index (χ4v) is 3.26. The third-order valence-corrected chi connectivity index (χ3v) is 4.89. The summed E-state index contributed by atoms with van der Waals surface area (Å²) in [5, 5.41) is 15.1. The predicted octanol–water partition coefficient (Wildman–Crippen LogP) is 1.58. The van der Waals surface area contributed by atoms with Crippen molar-refractivity contribution < 1.29 is 9.72 Å². The molecule has 0 saturated carbocycles. The van der Waals surface area contributed by atoms with Crippen molar-refractivity contribution in [2.45, 2.75) is 0 Å². The second-order valence-corrected chi connectivity index (χ2v) is 6.68. The Kier molecular flexibility index (Phi) is 5.04. The molecule has 0 aliphatic carbocycles. The second-order valence-electron chi connectivity index (χ2n) is 6.28. The maximum absolute atomic E-state index is 12.7. The van der Waals surface area contributed by atoms with Crippen LogP contribution in [-0.4, -0.2) is 66.6 Å². The number of nitro benzene ring substituents is 1. The molecule has 1 fully saturated rings. The number of rotatable bonds is 4. The van der Waals surface area contributed by atoms with Gasteiger partial charge in [-0.2, -0.15) is 5.10 Å². The van der Waals surface area contributed by atoms with Crippen molar-refractivity contribution in [3.63, 3.8) is 0 Å². The highest BCUT2D eigenvalue weighted by molar-refractivity contribution is 6.32. The normalized spacial score (nSPS) is 14.1. The smallest absolute Gasteiger partial charge is 0.288 e. The predicted molar refractivity (Wildman–Crippen MR) is 103 cm³/mol. The van der Waals surface area contributed by atoms with E-state index in [1.54, 1.807) is 22.0 Å². The summed E-state index contributed by atoms with van der Waals surface area (Å²) in [6, 6.07) is 5.88. The number of halogens is 1. The zero-order chi connectivity index (χ0) is 20.4. The summed E-state index contributed by atoms with van der Waals surface area (Å²) in [4.78, 5) is 39.3. The summed E-state index contributed by atoms with van der Waals surface area (Å²) in [7, 11) is 0. The van der Waals surface area contributed by atoms with Crippen LogP contribution in [0.3, 0.4) is 0 Å². The third-order valence-electron chi connectivity index (χ3n) is 4.57. The summed E-state index contributed by atoms with van der Waals surface area (Å²) < 4.78 is 1.54. The molecule has 1 aromatic carbocycles. The number of hydrogen-bond donors (Lipinski definition) is 0. The van der Waals surface area contributed by atoms with E-state index < -0.39 is 4.92 Å². The van der Waals surface area contributed by atoms with Gasteiger partial charge >= 0.3 is 0 Å². The van der Waals surface area contributed by atoms with Crippen molar-refractivity contribution in [3.8, 4) is 5.82 Å². The van der Waals surface area contributed by atoms with Crippen LogP contribution in [-0.2, 0) is 0 Å². The number of piperazine rings is 1. The molecule has 3 aromatic rings. The average Bonchev–Trinajstić information content (AvgIpc) is 3.29. The molecule has 1 aliphatic heterocycles. The summed E-state index contributed by atoms with van der Waals surface area (Å²) in [5.41, 5.74) is -0.0390. The standard InChI is InChI=1S/C17H15ClN8O3/c18-13-2-1-12(7-14(13)26(28)29)17(27)24-5-3-23(4-6-24)15-8-16(21-10-20-15)25-11-19-9-22-25/h1-2,7-11H,3-6H2. The Morgan fingerprint density at radius 3 is 2.52 bits per heavy atom. The van der Waals surface area contributed by atoms with Crippen molar-refractivity contribution in [2.75, 3.05) is 31.1 Å². The molecule has 11 nitrogen and oxygen atoms in total. The number of benzene rings is 1. The zero-order valence-electron chi connectivity index (χ0n) is 15.1. The van der Waals surface area contributed by atoms with E-state index >= 15 is 0 Å². The minimum atomic E-state index is -0.598. The van der Waals surface area contributed by atoms with E-state index in [9.17, 15) is 14.9 Å². The van der Waals surface area contributed by atoms with Crippen LogP contribution in [0.4, 0.5) is 11.5 Å². The van der Waals surface area contributed by atoms with Crippen LogP contribution in [0.5, 0.6) is 0 Å². The number of nitro groups is 1. The number of carbonyl (C=O) groups is 1. The Hall–Kier alpha value is -3.60. The molecule has 2 aromatic heterocycles. The van der Waals surface area contributed by atoms with Crippen LogP contribution in [0.15, 0.2) is 43.2 Å². The number of nitrogens with zero attached hydrogens (tertiary/aromatic N) is 8. The summed E-state index contributed by atoms with van der Waals surface area (Å²) >= 11 is 5.82. The van der Waals surface area contributed by atoms with Gasteiger partial charge in [-0.05, 0) is 12.1 Å². The van der Waals surface area contributed by atoms with E-state index in [-0.39, 0.29) is 22.2 Å². The molecule has 4 rings (SSSR count). The van der Waals surface area contributed by atoms with Gasteiger partial charge in [-0.25, -0.2) is 19.6 Å². The number of aromatic nitrogens is 5. The van der Waals surface area contributed by atoms with E-state index in [2.05, 4.69) is 20.1 Å². The Morgan fingerprint density at radius 2 is 1.83 bits per heavy atom. The monoisotopic (exact) mass is 414 g/mol. The zero-order valence-corrected chi connectivity index (χ0v) is 15.8. The SMILES string of the molecule is O=C(c1ccc(Cl)c([N+](=O)[O-])c1)N1CCN(c2cc(-n3cncn3)ncn2)CC1. The van der Waals surface area contributed by atoms with Crippen LogP contribution in [0, 0.1) is 10.1 Å². The van der Waals surface area contributed by atoms with Crippen molar-refractivity contribution in [2.24, 2.45) is 0 Å². The maximum atomic E-state index is 12.7. The van der Waals surface area contributed by atoms with E-state index in [0.717, 1.165) is 5.82 Å². The summed E-state index contributed by atoms with van der Waals surface area (Å²) in [6.45, 7) is 2.04. The number of amides is 1. The van der Waals surface area contributed by atoms with Crippen LogP contribution >= 0.6 is 11.6 Å². The van der Waals surface area contributed by atoms with Gasteiger partial charge in [0.25, 0.3) is 11.6 Å². The fourth-order valence-electron chi connectivity index (χ4n) is 3.07. The number of anilines is 1. The average molecular weight is 415 g/mol. The first kappa shape index (κ1) is 18.7. The van der Waals surface area contributed by atoms with Gasteiger partial charge in [0.2, 0.25) is 0 Å². The molecule has 29 heavy (non-hydrogen) atoms. The molecule has 0 bridgehead atoms. The Labute approximate surface area is 169 Å². The lowest BCUT2D eigenvalue weighted by atomic mass is 10.1. The minimum absolute atomic E-state index is 0.00307. The van der Waals surface area contributed by atoms with Gasteiger partial charge in [0, 0.05) is 43.9 Å². The van der Waals surface area contributed by atoms with Gasteiger partial charge in [0.15, 0.2) is 5.82 Å². The van der Waals surface area contributed by atoms with Gasteiger partial charge < -0.3 is 9.80 Å². The Morgan fingerprint density at radius 1 is 1.07 bits per heavy atom. The molecular formula is C17H15ClN8O3. The lowest BCUT2D eigenvalue weighted by molar-refractivity contribution is -0.384. The summed E-state index contributed by atoms with van der Waals surface area (Å²) in [5.74, 6) is 1.05. The van der Waals surface area contributed by atoms with Gasteiger partial charge in [0.1, 0.15) is 29.8 Å². The van der Waals surface area contributed by atoms with Crippen LogP contribution in [0.2, 0.25) is 5.02 Å². The van der Waals surface area contributed by atoms with Gasteiger partial charge in [-0.1, -0.05) is 11.6 Å². The van der Waals surface area contributed by atoms with Gasteiger partial charge in [0.05, 0.1) is 4.92 Å². The molecule has 0 unspecified atom stereocenters. The van der Waals surface area contributed by atoms with E-state index in [1.807, 2.05) is 4.90 Å². The van der Waals surface area contributed by atoms with Crippen LogP contribution < -0.4 is 4.90 Å². The first-order chi connectivity index (χ1) is 14.0. The molecule has 1 saturated heterocycles. The van der Waals surface area contributed by atoms with Crippen LogP contribution in [0.1, 0.15) is 10.4 Å². The molecule has 0 spiro atoms. The Balaban J connectivity index is 1.45. The largest absolute Gasteiger partial charge is 0.353 e. The fraction of sp³-hybridized carbons (Fsp3) is 0.235. The van der Waals surface area contributed by atoms with Crippen LogP contribution in [0.25, 0.3) is 5.82 Å². The van der Waals surface area contributed by atoms with E-state index in [1.165, 1.54) is 30.9 Å². The van der Waals surface area contributed by atoms with E-state index in [0.29, 0.717) is 32.0 Å². The topological polar surface area (TPSA) is 123 Å². The molecule has 0 atom stereocenters. The first-order valence-electron chi connectivity index (χ1n) is 8.68. The molecular weight excluding hydrogens is 400 g/mol. The maximum Gasteiger partial charge on any atom is 0.288 e. The molecule has 0 N–H and O–H groups in total. The summed E-state index contributed by atoms with van der Waals surface area (Å²) in [6.07, 6.45) is 4.43. The first-order valence-corrected chi connectivity index (χ1v) is 9.06. The molecule has 12 heteroatoms. The van der Waals surface area contributed by atoms with Crippen molar-refractivity contribution in [1.82, 2.24) is 29.6 Å². The van der Waals surface area contributed by atoms with Crippen molar-refractivity contribution in [3.05, 3.63) is 63.9 Å². The molecule has 148 valence electrons. The van der Waals surface area contributed by atoms with Gasteiger partial charge in [-0.15, -0.1) is 0 Å². The highest BCUT2D eigenvalue weighted by Gasteiger charge is 2.25. The van der Waals surface area contributed by atoms with Gasteiger partial charge in [-0.3, -0.25) is 14.9 Å². The lowest BCUT2D eigenvalue weighted by Crippen LogP contribution is -2.49. The lowest BCUT2D eigenvalue weighted by Gasteiger charge is -2.35. The Bertz CT molecular complexity index is 1050. The molecule has 3 heterocycles. The highest BCUT2D eigenvalue weighted by Crippen LogP contribution is 2.26. The minimum Gasteiger partial charge on any atom is -0.353 e. The molecule has 0 radical (unpaired) electrons. The highest BCUT2D eigenvalue weighted by atomic mass is 35.5. The number of hydrogen-bond acceptors (Lipinski definition) is 8. The molecule has 1 amide bonds. The third kappa shape index (κ3) is 3.85. The quantitative estimate of drug-likeness (QED) is 0.465. The second kappa shape index (κ2) is 7.80. The molecule has 1 aliphatic rings. The van der Waals surface area contributed by atoms with Crippen molar-refractivity contribution >= 4 is 29.0 Å².